The molecule has 3 rings (SSSR count). The molecule has 0 aromatic heterocycles. The van der Waals surface area contributed by atoms with Gasteiger partial charge in [0.05, 0.1) is 18.4 Å². The van der Waals surface area contributed by atoms with Crippen molar-refractivity contribution >= 4 is 29.7 Å². The number of carbonyl (C=O) groups is 2. The molecule has 1 N–H and O–H groups in total. The van der Waals surface area contributed by atoms with Gasteiger partial charge in [0.25, 0.3) is 5.91 Å². The Balaban J connectivity index is 1.87. The van der Waals surface area contributed by atoms with Gasteiger partial charge in [-0.3, -0.25) is 4.79 Å². The van der Waals surface area contributed by atoms with E-state index in [1.165, 1.54) is 7.11 Å². The Bertz CT molecular complexity index is 884. The molecule has 5 nitrogen and oxygen atoms in total. The zero-order valence-electron chi connectivity index (χ0n) is 14.4. The Kier molecular flexibility index (Phi) is 4.57. The second-order valence-electron chi connectivity index (χ2n) is 5.95. The molecule has 0 fully saturated rings. The third-order valence-corrected chi connectivity index (χ3v) is 4.06. The van der Waals surface area contributed by atoms with Crippen LogP contribution in [0.3, 0.4) is 0 Å². The van der Waals surface area contributed by atoms with E-state index >= 15 is 0 Å². The predicted octanol–water partition coefficient (Wildman–Crippen LogP) is 3.59. The van der Waals surface area contributed by atoms with Gasteiger partial charge in [-0.15, -0.1) is 0 Å². The number of hydrogen-bond donors (Lipinski definition) is 1. The first-order valence-corrected chi connectivity index (χ1v) is 7.92. The van der Waals surface area contributed by atoms with Gasteiger partial charge in [-0.2, -0.15) is 0 Å². The minimum absolute atomic E-state index is 0.0504. The Labute approximate surface area is 146 Å². The Morgan fingerprint density at radius 3 is 2.68 bits per heavy atom. The highest BCUT2D eigenvalue weighted by molar-refractivity contribution is 5.96. The van der Waals surface area contributed by atoms with Gasteiger partial charge in [0.2, 0.25) is 0 Å². The molecule has 0 aliphatic carbocycles. The average molecular weight is 337 g/mol. The van der Waals surface area contributed by atoms with Crippen LogP contribution >= 0.6 is 0 Å². The molecule has 1 amide bonds. The fraction of sp³-hybridized carbons (Fsp3) is 0.200. The first-order valence-electron chi connectivity index (χ1n) is 7.92. The van der Waals surface area contributed by atoms with E-state index in [9.17, 15) is 9.59 Å². The number of nitrogens with one attached hydrogen (secondary N) is 1. The van der Waals surface area contributed by atoms with Crippen LogP contribution in [0.1, 0.15) is 32.6 Å². The van der Waals surface area contributed by atoms with Crippen molar-refractivity contribution in [3.05, 3.63) is 58.1 Å². The number of amides is 1. The summed E-state index contributed by atoms with van der Waals surface area (Å²) in [5, 5.41) is 2.83. The summed E-state index contributed by atoms with van der Waals surface area (Å²) < 4.78 is 10.2. The highest BCUT2D eigenvalue weighted by Gasteiger charge is 2.18. The lowest BCUT2D eigenvalue weighted by Gasteiger charge is -2.20. The van der Waals surface area contributed by atoms with Gasteiger partial charge in [-0.1, -0.05) is 18.2 Å². The van der Waals surface area contributed by atoms with Crippen LogP contribution in [0.15, 0.2) is 30.3 Å². The molecular formula is C20H19NO4. The van der Waals surface area contributed by atoms with Crippen LogP contribution in [0, 0.1) is 13.8 Å². The van der Waals surface area contributed by atoms with E-state index in [4.69, 9.17) is 9.47 Å². The summed E-state index contributed by atoms with van der Waals surface area (Å²) in [5.74, 6) is 0.220. The molecule has 128 valence electrons. The summed E-state index contributed by atoms with van der Waals surface area (Å²) in [7, 11) is 1.37. The van der Waals surface area contributed by atoms with E-state index in [0.29, 0.717) is 11.3 Å². The van der Waals surface area contributed by atoms with Crippen LogP contribution in [0.2, 0.25) is 0 Å². The zero-order chi connectivity index (χ0) is 18.0. The van der Waals surface area contributed by atoms with Gasteiger partial charge in [0, 0.05) is 0 Å². The molecule has 5 heteroatoms. The molecule has 0 saturated carbocycles. The van der Waals surface area contributed by atoms with Crippen molar-refractivity contribution in [1.82, 2.24) is 0 Å². The molecule has 1 aliphatic heterocycles. The molecule has 0 unspecified atom stereocenters. The van der Waals surface area contributed by atoms with Gasteiger partial charge in [-0.05, 0) is 60.4 Å². The third-order valence-electron chi connectivity index (χ3n) is 4.06. The molecule has 0 saturated heterocycles. The number of carbonyl (C=O) groups excluding carboxylic acids is 2. The number of anilines is 1. The average Bonchev–Trinajstić information content (AvgIpc) is 2.59. The number of aryl methyl sites for hydroxylation is 2. The van der Waals surface area contributed by atoms with E-state index < -0.39 is 0 Å². The van der Waals surface area contributed by atoms with Crippen molar-refractivity contribution < 1.29 is 19.1 Å². The molecule has 1 aliphatic rings. The Morgan fingerprint density at radius 1 is 1.16 bits per heavy atom. The summed E-state index contributed by atoms with van der Waals surface area (Å²) >= 11 is 0. The van der Waals surface area contributed by atoms with E-state index in [2.05, 4.69) is 5.32 Å². The number of fused-ring (bicyclic) bond motifs is 1. The molecule has 2 aromatic carbocycles. The summed E-state index contributed by atoms with van der Waals surface area (Å²) in [5.41, 5.74) is 5.12. The summed E-state index contributed by atoms with van der Waals surface area (Å²) in [6.45, 7) is 3.94. The fourth-order valence-corrected chi connectivity index (χ4v) is 2.80. The number of esters is 1. The number of hydrogen-bond acceptors (Lipinski definition) is 4. The first-order chi connectivity index (χ1) is 12.0. The predicted molar refractivity (Wildman–Crippen MR) is 96.8 cm³/mol. The maximum absolute atomic E-state index is 11.6. The van der Waals surface area contributed by atoms with Crippen molar-refractivity contribution in [2.75, 3.05) is 19.0 Å². The van der Waals surface area contributed by atoms with Crippen molar-refractivity contribution in [3.63, 3.8) is 0 Å². The maximum Gasteiger partial charge on any atom is 0.337 e. The molecular weight excluding hydrogens is 318 g/mol. The number of ether oxygens (including phenoxy) is 2. The zero-order valence-corrected chi connectivity index (χ0v) is 14.4. The van der Waals surface area contributed by atoms with Crippen LogP contribution < -0.4 is 10.1 Å². The summed E-state index contributed by atoms with van der Waals surface area (Å²) in [6, 6.07) is 9.32. The Hall–Kier alpha value is -3.08. The molecule has 25 heavy (non-hydrogen) atoms. The lowest BCUT2D eigenvalue weighted by atomic mass is 10.0. The van der Waals surface area contributed by atoms with E-state index in [1.807, 2.05) is 44.2 Å². The van der Waals surface area contributed by atoms with Crippen molar-refractivity contribution in [2.45, 2.75) is 13.8 Å². The second-order valence-corrected chi connectivity index (χ2v) is 5.95. The van der Waals surface area contributed by atoms with Crippen LogP contribution in [0.25, 0.3) is 12.2 Å². The smallest absolute Gasteiger partial charge is 0.337 e. The van der Waals surface area contributed by atoms with E-state index in [0.717, 1.165) is 28.0 Å². The number of benzene rings is 2. The summed E-state index contributed by atoms with van der Waals surface area (Å²) in [6.07, 6.45) is 3.94. The molecule has 2 aromatic rings. The molecule has 0 bridgehead atoms. The number of methoxy groups -OCH3 is 1. The van der Waals surface area contributed by atoms with Crippen LogP contribution in [-0.4, -0.2) is 25.6 Å². The third kappa shape index (κ3) is 3.55. The highest BCUT2D eigenvalue weighted by atomic mass is 16.5. The van der Waals surface area contributed by atoms with Crippen molar-refractivity contribution in [3.8, 4) is 5.75 Å². The van der Waals surface area contributed by atoms with Gasteiger partial charge in [0.1, 0.15) is 5.75 Å². The largest absolute Gasteiger partial charge is 0.481 e. The number of rotatable bonds is 3. The monoisotopic (exact) mass is 337 g/mol. The lowest BCUT2D eigenvalue weighted by Crippen LogP contribution is -2.25. The van der Waals surface area contributed by atoms with Crippen LogP contribution in [0.5, 0.6) is 5.75 Å². The quantitative estimate of drug-likeness (QED) is 0.687. The minimum Gasteiger partial charge on any atom is -0.481 e. The second kappa shape index (κ2) is 6.81. The van der Waals surface area contributed by atoms with Gasteiger partial charge < -0.3 is 14.8 Å². The SMILES string of the molecule is COC(=O)c1ccc(C=Cc2cc(C)c3c(c2)NC(=O)CO3)c(C)c1. The molecule has 0 radical (unpaired) electrons. The molecule has 0 spiro atoms. The normalized spacial score (nSPS) is 13.2. The first kappa shape index (κ1) is 16.8. The minimum atomic E-state index is -0.348. The van der Waals surface area contributed by atoms with E-state index in [1.54, 1.807) is 12.1 Å². The van der Waals surface area contributed by atoms with E-state index in [-0.39, 0.29) is 18.5 Å². The topological polar surface area (TPSA) is 64.6 Å². The molecule has 1 heterocycles. The standard InChI is InChI=1S/C20H19NO4/c1-12-9-16(20(23)24-3)7-6-15(12)5-4-14-8-13(2)19-17(10-14)21-18(22)11-25-19/h4-10H,11H2,1-3H3,(H,21,22). The Morgan fingerprint density at radius 2 is 1.96 bits per heavy atom. The summed E-state index contributed by atoms with van der Waals surface area (Å²) in [4.78, 5) is 23.1. The fourth-order valence-electron chi connectivity index (χ4n) is 2.80. The van der Waals surface area contributed by atoms with Crippen LogP contribution in [-0.2, 0) is 9.53 Å². The van der Waals surface area contributed by atoms with Gasteiger partial charge >= 0.3 is 5.97 Å². The van der Waals surface area contributed by atoms with Gasteiger partial charge in [0.15, 0.2) is 6.61 Å². The van der Waals surface area contributed by atoms with Gasteiger partial charge in [-0.25, -0.2) is 4.79 Å². The van der Waals surface area contributed by atoms with Crippen LogP contribution in [0.4, 0.5) is 5.69 Å². The maximum atomic E-state index is 11.6. The van der Waals surface area contributed by atoms with Crippen molar-refractivity contribution in [1.29, 1.82) is 0 Å². The highest BCUT2D eigenvalue weighted by Crippen LogP contribution is 2.33. The lowest BCUT2D eigenvalue weighted by molar-refractivity contribution is -0.118. The molecule has 0 atom stereocenters. The van der Waals surface area contributed by atoms with Crippen molar-refractivity contribution in [2.24, 2.45) is 0 Å².